The summed E-state index contributed by atoms with van der Waals surface area (Å²) < 4.78 is 98.9. The first-order chi connectivity index (χ1) is 16.7. The number of rotatable bonds is 4. The predicted molar refractivity (Wildman–Crippen MR) is 101 cm³/mol. The van der Waals surface area contributed by atoms with Gasteiger partial charge < -0.3 is 0 Å². The summed E-state index contributed by atoms with van der Waals surface area (Å²) in [6, 6.07) is 2.75. The number of methoxy groups -OCH3 is 1. The standard InChI is InChI=1S/C22H18OSe/c1-23-21-15-12-19(13-16-21)17-24-22-10-6-5-9-20(22)14-11-18-7-3-2-4-8-18/h2-10,12-13,15-16H,17H2,1H3/i1D3,2D,3D,4D,7D,8D,12D,13D,15D,16D. The second kappa shape index (κ2) is 8.41. The van der Waals surface area contributed by atoms with Crippen LogP contribution in [0.25, 0.3) is 0 Å². The van der Waals surface area contributed by atoms with Crippen molar-refractivity contribution in [2.75, 3.05) is 7.04 Å². The van der Waals surface area contributed by atoms with Crippen molar-refractivity contribution in [1.29, 1.82) is 0 Å². The molecule has 0 saturated carbocycles. The summed E-state index contributed by atoms with van der Waals surface area (Å²) in [5.74, 6) is 4.90. The van der Waals surface area contributed by atoms with E-state index in [1.165, 1.54) is 0 Å². The Morgan fingerprint density at radius 2 is 1.79 bits per heavy atom. The predicted octanol–water partition coefficient (Wildman–Crippen LogP) is 3.62. The molecule has 0 N–H and O–H groups in total. The second-order valence-electron chi connectivity index (χ2n) is 4.44. The third-order valence-electron chi connectivity index (χ3n) is 2.84. The molecule has 118 valence electrons. The SMILES string of the molecule is [2H]c1c([2H])c([2H])c(C#Cc2ccccc2[Se]Cc2c([2H])c([2H])c(OC([2H])([2H])[2H])c([2H])c2[2H])c([2H])c1[2H]. The molecule has 0 aliphatic heterocycles. The Morgan fingerprint density at radius 3 is 2.58 bits per heavy atom. The third kappa shape index (κ3) is 4.52. The van der Waals surface area contributed by atoms with Gasteiger partial charge in [0.05, 0.1) is 0 Å². The van der Waals surface area contributed by atoms with E-state index in [0.29, 0.717) is 5.56 Å². The molecule has 0 aromatic heterocycles. The van der Waals surface area contributed by atoms with Crippen LogP contribution in [-0.2, 0) is 5.32 Å². The molecule has 0 saturated heterocycles. The zero-order chi connectivity index (χ0) is 26.9. The van der Waals surface area contributed by atoms with Crippen LogP contribution in [0.15, 0.2) is 78.6 Å². The van der Waals surface area contributed by atoms with Crippen molar-refractivity contribution in [3.63, 3.8) is 0 Å². The summed E-state index contributed by atoms with van der Waals surface area (Å²) in [4.78, 5) is 0. The van der Waals surface area contributed by atoms with Crippen LogP contribution in [0.2, 0.25) is 0 Å². The molecule has 2 heteroatoms. The molecule has 0 unspecified atom stereocenters. The van der Waals surface area contributed by atoms with Crippen molar-refractivity contribution in [2.45, 2.75) is 5.32 Å². The minimum atomic E-state index is -2.92. The fourth-order valence-electron chi connectivity index (χ4n) is 1.74. The Bertz CT molecular complexity index is 1350. The van der Waals surface area contributed by atoms with Crippen molar-refractivity contribution < 1.29 is 21.2 Å². The normalized spacial score (nSPS) is 17.5. The van der Waals surface area contributed by atoms with Gasteiger partial charge in [-0.1, -0.05) is 0 Å². The summed E-state index contributed by atoms with van der Waals surface area (Å²) in [5.41, 5.74) is 0.505. The average molecular weight is 389 g/mol. The molecule has 3 rings (SSSR count). The molecule has 0 radical (unpaired) electrons. The van der Waals surface area contributed by atoms with Crippen molar-refractivity contribution in [2.24, 2.45) is 0 Å². The fraction of sp³-hybridized carbons (Fsp3) is 0.0909. The van der Waals surface area contributed by atoms with Crippen LogP contribution >= 0.6 is 0 Å². The maximum absolute atomic E-state index is 8.23. The molecule has 0 aliphatic carbocycles. The first-order valence-electron chi connectivity index (χ1n) is 12.8. The summed E-state index contributed by atoms with van der Waals surface area (Å²) in [5, 5.41) is 0.143. The number of ether oxygens (including phenoxy) is 1. The van der Waals surface area contributed by atoms with Crippen LogP contribution < -0.4 is 9.20 Å². The summed E-state index contributed by atoms with van der Waals surface area (Å²) >= 11 is -0.429. The van der Waals surface area contributed by atoms with Crippen LogP contribution in [0.4, 0.5) is 0 Å². The van der Waals surface area contributed by atoms with Gasteiger partial charge in [-0.25, -0.2) is 0 Å². The van der Waals surface area contributed by atoms with Crippen LogP contribution in [0.1, 0.15) is 33.1 Å². The van der Waals surface area contributed by atoms with Crippen LogP contribution in [0, 0.1) is 11.8 Å². The Balaban J connectivity index is 1.96. The number of hydrogen-bond donors (Lipinski definition) is 0. The molecule has 0 amide bonds. The van der Waals surface area contributed by atoms with Crippen LogP contribution in [0.3, 0.4) is 0 Å². The molecule has 3 aromatic rings. The molecule has 0 spiro atoms. The molecular formula is C22H18OSe. The molecule has 0 bridgehead atoms. The molecule has 0 atom stereocenters. The van der Waals surface area contributed by atoms with Gasteiger partial charge in [0, 0.05) is 0 Å². The molecule has 0 aliphatic rings. The van der Waals surface area contributed by atoms with E-state index in [1.54, 1.807) is 24.3 Å². The van der Waals surface area contributed by atoms with Crippen molar-refractivity contribution in [1.82, 2.24) is 0 Å². The third-order valence-corrected chi connectivity index (χ3v) is 5.15. The zero-order valence-electron chi connectivity index (χ0n) is 24.3. The minimum absolute atomic E-state index is 0.108. The van der Waals surface area contributed by atoms with Gasteiger partial charge in [0.15, 0.2) is 0 Å². The van der Waals surface area contributed by atoms with Gasteiger partial charge in [-0.3, -0.25) is 0 Å². The Hall–Kier alpha value is -2.46. The van der Waals surface area contributed by atoms with E-state index >= 15 is 0 Å². The summed E-state index contributed by atoms with van der Waals surface area (Å²) in [6.45, 7) is 0. The van der Waals surface area contributed by atoms with Crippen molar-refractivity contribution >= 4 is 19.4 Å². The van der Waals surface area contributed by atoms with Gasteiger partial charge in [0.25, 0.3) is 0 Å². The number of hydrogen-bond acceptors (Lipinski definition) is 1. The topological polar surface area (TPSA) is 9.23 Å². The monoisotopic (exact) mass is 390 g/mol. The van der Waals surface area contributed by atoms with Crippen molar-refractivity contribution in [3.8, 4) is 17.6 Å². The van der Waals surface area contributed by atoms with Gasteiger partial charge in [-0.05, 0) is 0 Å². The second-order valence-corrected chi connectivity index (χ2v) is 6.58. The van der Waals surface area contributed by atoms with Gasteiger partial charge in [-0.15, -0.1) is 0 Å². The van der Waals surface area contributed by atoms with Crippen LogP contribution in [-0.4, -0.2) is 22.0 Å². The first kappa shape index (κ1) is 7.19. The van der Waals surface area contributed by atoms with E-state index in [-0.39, 0.29) is 28.5 Å². The van der Waals surface area contributed by atoms with E-state index < -0.39 is 70.0 Å². The first-order valence-corrected chi connectivity index (χ1v) is 8.90. The molecule has 3 aromatic carbocycles. The average Bonchev–Trinajstić information content (AvgIpc) is 2.83. The van der Waals surface area contributed by atoms with E-state index in [4.69, 9.17) is 16.4 Å². The Kier molecular flexibility index (Phi) is 2.52. The van der Waals surface area contributed by atoms with E-state index in [0.717, 1.165) is 4.46 Å². The van der Waals surface area contributed by atoms with Crippen molar-refractivity contribution in [3.05, 3.63) is 95.3 Å². The summed E-state index contributed by atoms with van der Waals surface area (Å²) in [6.07, 6.45) is 0. The molecule has 1 nitrogen and oxygen atoms in total. The van der Waals surface area contributed by atoms with Gasteiger partial charge in [-0.2, -0.15) is 0 Å². The van der Waals surface area contributed by atoms with Crippen LogP contribution in [0.5, 0.6) is 5.75 Å². The molecule has 0 fully saturated rings. The Morgan fingerprint density at radius 1 is 1.00 bits per heavy atom. The zero-order valence-corrected chi connectivity index (χ0v) is 14.0. The van der Waals surface area contributed by atoms with Gasteiger partial charge in [0.1, 0.15) is 0 Å². The number of benzene rings is 3. The van der Waals surface area contributed by atoms with E-state index in [2.05, 4.69) is 16.6 Å². The van der Waals surface area contributed by atoms with E-state index in [1.807, 2.05) is 0 Å². The van der Waals surface area contributed by atoms with Gasteiger partial charge >= 0.3 is 166 Å². The van der Waals surface area contributed by atoms with E-state index in [9.17, 15) is 0 Å². The van der Waals surface area contributed by atoms with Gasteiger partial charge in [0.2, 0.25) is 0 Å². The Labute approximate surface area is 166 Å². The molecule has 24 heavy (non-hydrogen) atoms. The molecule has 0 heterocycles. The quantitative estimate of drug-likeness (QED) is 0.489. The summed E-state index contributed by atoms with van der Waals surface area (Å²) in [7, 11) is -2.92. The molecular weight excluding hydrogens is 359 g/mol. The maximum atomic E-state index is 8.23. The fourth-order valence-corrected chi connectivity index (χ4v) is 3.61.